The van der Waals surface area contributed by atoms with Crippen molar-refractivity contribution in [3.05, 3.63) is 190 Å². The number of esters is 1. The van der Waals surface area contributed by atoms with E-state index in [9.17, 15) is 4.79 Å². The quantitative estimate of drug-likeness (QED) is 0.0463. The number of aryl methyl sites for hydroxylation is 4. The van der Waals surface area contributed by atoms with E-state index in [2.05, 4.69) is 6.92 Å². The molecule has 0 heterocycles. The molecule has 0 unspecified atom stereocenters. The van der Waals surface area contributed by atoms with E-state index >= 15 is 0 Å². The normalized spacial score (nSPS) is 9.06. The topological polar surface area (TPSA) is 81.7 Å². The first-order valence-electron chi connectivity index (χ1n) is 22.8. The van der Waals surface area contributed by atoms with Crippen LogP contribution in [0.3, 0.4) is 0 Å². The van der Waals surface area contributed by atoms with E-state index in [0.717, 1.165) is 27.8 Å². The van der Waals surface area contributed by atoms with Crippen molar-refractivity contribution in [1.82, 2.24) is 0 Å². The van der Waals surface area contributed by atoms with Gasteiger partial charge in [0.2, 0.25) is 0 Å². The molecule has 0 aliphatic heterocycles. The smallest absolute Gasteiger partial charge is 0.343 e. The van der Waals surface area contributed by atoms with Gasteiger partial charge in [-0.25, -0.2) is 4.79 Å². The standard InChI is InChI=1S/C22H20O4.C22H22O4.6C2H6/c1-16-3-11-20(12-4-16)25-22(23)19-9-7-18(8-10-19)15-24-26-21-13-5-17(2)6-14-21;1-17-3-7-19(8-4-17)15-23-26-22-13-9-20(10-14-22)16-24-25-21-11-5-18(2)6-12-21;6*1-2/h3-14H,15H2,1-2H3;3-14H,15-16H2,1-2H3;6*1-2H3. The Morgan fingerprint density at radius 1 is 0.312 bits per heavy atom. The van der Waals surface area contributed by atoms with Gasteiger partial charge in [-0.15, -0.1) is 0 Å². The lowest BCUT2D eigenvalue weighted by Crippen LogP contribution is -2.08. The SMILES string of the molecule is CC.CC.CC.CC.CC.CC.Cc1ccc(COOc2ccc(COOc3ccc(C)cc3)cc2)cc1.Cc1ccc(OOCc2ccc(C(=O)Oc3ccc(C)cc3)cc2)cc1. The molecule has 0 N–H and O–H groups in total. The fourth-order valence-corrected chi connectivity index (χ4v) is 4.52. The summed E-state index contributed by atoms with van der Waals surface area (Å²) in [7, 11) is 0. The maximum Gasteiger partial charge on any atom is 0.343 e. The van der Waals surface area contributed by atoms with Gasteiger partial charge in [-0.1, -0.05) is 190 Å². The third-order valence-corrected chi connectivity index (χ3v) is 7.65. The summed E-state index contributed by atoms with van der Waals surface area (Å²) in [5.74, 6) is 2.10. The monoisotopic (exact) mass is 879 g/mol. The number of rotatable bonds is 14. The van der Waals surface area contributed by atoms with Crippen molar-refractivity contribution < 1.29 is 38.9 Å². The first-order chi connectivity index (χ1) is 31.3. The lowest BCUT2D eigenvalue weighted by Gasteiger charge is -2.07. The van der Waals surface area contributed by atoms with E-state index in [1.54, 1.807) is 24.3 Å². The summed E-state index contributed by atoms with van der Waals surface area (Å²) in [6.45, 7) is 33.1. The van der Waals surface area contributed by atoms with Crippen molar-refractivity contribution in [2.75, 3.05) is 0 Å². The van der Waals surface area contributed by atoms with E-state index in [1.165, 1.54) is 11.1 Å². The van der Waals surface area contributed by atoms with Gasteiger partial charge >= 0.3 is 5.97 Å². The van der Waals surface area contributed by atoms with Crippen molar-refractivity contribution in [1.29, 1.82) is 0 Å². The first-order valence-corrected chi connectivity index (χ1v) is 22.8. The molecule has 0 amide bonds. The van der Waals surface area contributed by atoms with Gasteiger partial charge < -0.3 is 19.4 Å². The average molecular weight is 879 g/mol. The Bertz CT molecular complexity index is 1870. The van der Waals surface area contributed by atoms with Crippen LogP contribution in [0.15, 0.2) is 146 Å². The molecule has 0 fully saturated rings. The molecule has 0 saturated heterocycles. The predicted molar refractivity (Wildman–Crippen MR) is 267 cm³/mol. The maximum atomic E-state index is 12.2. The highest BCUT2D eigenvalue weighted by Gasteiger charge is 2.09. The molecule has 8 nitrogen and oxygen atoms in total. The van der Waals surface area contributed by atoms with Gasteiger partial charge in [-0.2, -0.15) is 14.7 Å². The second kappa shape index (κ2) is 39.9. The molecule has 0 saturated carbocycles. The van der Waals surface area contributed by atoms with Crippen LogP contribution in [0.1, 0.15) is 132 Å². The Morgan fingerprint density at radius 3 is 0.828 bits per heavy atom. The van der Waals surface area contributed by atoms with E-state index < -0.39 is 5.97 Å². The number of benzene rings is 6. The lowest BCUT2D eigenvalue weighted by atomic mass is 10.1. The second-order valence-electron chi connectivity index (χ2n) is 12.2. The molecule has 0 bridgehead atoms. The highest BCUT2D eigenvalue weighted by Crippen LogP contribution is 2.18. The number of hydrogen-bond acceptors (Lipinski definition) is 8. The zero-order valence-electron chi connectivity index (χ0n) is 41.7. The average Bonchev–Trinajstić information content (AvgIpc) is 3.36. The number of ether oxygens (including phenoxy) is 1. The maximum absolute atomic E-state index is 12.2. The van der Waals surface area contributed by atoms with Crippen LogP contribution < -0.4 is 19.4 Å². The lowest BCUT2D eigenvalue weighted by molar-refractivity contribution is -0.218. The first kappa shape index (κ1) is 60.2. The van der Waals surface area contributed by atoms with Gasteiger partial charge in [0.1, 0.15) is 25.6 Å². The fraction of sp³-hybridized carbons (Fsp3) is 0.339. The molecule has 0 aromatic heterocycles. The van der Waals surface area contributed by atoms with Gasteiger partial charge in [-0.3, -0.25) is 0 Å². The molecule has 0 aliphatic carbocycles. The summed E-state index contributed by atoms with van der Waals surface area (Å²) in [6.07, 6.45) is 0. The minimum absolute atomic E-state index is 0.279. The highest BCUT2D eigenvalue weighted by molar-refractivity contribution is 5.91. The van der Waals surface area contributed by atoms with Crippen molar-refractivity contribution in [2.24, 2.45) is 0 Å². The summed E-state index contributed by atoms with van der Waals surface area (Å²) >= 11 is 0. The minimum Gasteiger partial charge on any atom is -0.423 e. The van der Waals surface area contributed by atoms with Gasteiger partial charge in [0.05, 0.1) is 5.56 Å². The summed E-state index contributed by atoms with van der Waals surface area (Å²) in [5.41, 5.74) is 8.08. The van der Waals surface area contributed by atoms with Crippen LogP contribution in [0.2, 0.25) is 0 Å². The van der Waals surface area contributed by atoms with Crippen LogP contribution in [-0.2, 0) is 34.5 Å². The Labute approximate surface area is 387 Å². The number of carbonyl (C=O) groups excluding carboxylic acids is 1. The van der Waals surface area contributed by atoms with Crippen molar-refractivity contribution in [2.45, 2.75) is 131 Å². The fourth-order valence-electron chi connectivity index (χ4n) is 4.52. The molecule has 6 rings (SSSR count). The molecule has 6 aromatic rings. The molecule has 0 aliphatic rings. The zero-order chi connectivity index (χ0) is 48.5. The molecule has 8 heteroatoms. The Morgan fingerprint density at radius 2 is 0.531 bits per heavy atom. The van der Waals surface area contributed by atoms with Crippen LogP contribution in [0.25, 0.3) is 0 Å². The summed E-state index contributed by atoms with van der Waals surface area (Å²) in [6, 6.07) is 45.3. The third kappa shape index (κ3) is 26.5. The third-order valence-electron chi connectivity index (χ3n) is 7.65. The van der Waals surface area contributed by atoms with Crippen LogP contribution in [0.5, 0.6) is 23.0 Å². The summed E-state index contributed by atoms with van der Waals surface area (Å²) in [4.78, 5) is 43.7. The highest BCUT2D eigenvalue weighted by atomic mass is 17.2. The molecule has 350 valence electrons. The van der Waals surface area contributed by atoms with Crippen molar-refractivity contribution in [3.8, 4) is 23.0 Å². The molecule has 0 atom stereocenters. The molecular weight excluding hydrogens is 801 g/mol. The summed E-state index contributed by atoms with van der Waals surface area (Å²) in [5, 5.41) is 0. The molecule has 0 radical (unpaired) electrons. The molecule has 64 heavy (non-hydrogen) atoms. The molecule has 6 aromatic carbocycles. The van der Waals surface area contributed by atoms with Crippen molar-refractivity contribution >= 4 is 5.97 Å². The number of hydrogen-bond donors (Lipinski definition) is 0. The van der Waals surface area contributed by atoms with Crippen LogP contribution in [0.4, 0.5) is 0 Å². The van der Waals surface area contributed by atoms with Gasteiger partial charge in [0.25, 0.3) is 0 Å². The summed E-state index contributed by atoms with van der Waals surface area (Å²) < 4.78 is 5.35. The van der Waals surface area contributed by atoms with Gasteiger partial charge in [-0.05, 0) is 105 Å². The minimum atomic E-state index is -0.391. The Hall–Kier alpha value is -5.93. The van der Waals surface area contributed by atoms with Crippen LogP contribution >= 0.6 is 0 Å². The van der Waals surface area contributed by atoms with E-state index in [-0.39, 0.29) is 6.61 Å². The van der Waals surface area contributed by atoms with Gasteiger partial charge in [0, 0.05) is 0 Å². The van der Waals surface area contributed by atoms with Crippen molar-refractivity contribution in [3.63, 3.8) is 0 Å². The molecular formula is C56H78O8. The van der Waals surface area contributed by atoms with Gasteiger partial charge in [0.15, 0.2) is 17.2 Å². The second-order valence-corrected chi connectivity index (χ2v) is 12.2. The van der Waals surface area contributed by atoms with E-state index in [4.69, 9.17) is 34.1 Å². The predicted octanol–water partition coefficient (Wildman–Crippen LogP) is 16.5. The largest absolute Gasteiger partial charge is 0.423 e. The number of carbonyl (C=O) groups is 1. The zero-order valence-corrected chi connectivity index (χ0v) is 41.7. The Balaban J connectivity index is 0. The molecule has 0 spiro atoms. The van der Waals surface area contributed by atoms with E-state index in [1.807, 2.05) is 225 Å². The van der Waals surface area contributed by atoms with E-state index in [0.29, 0.717) is 41.8 Å². The van der Waals surface area contributed by atoms with Crippen LogP contribution in [-0.4, -0.2) is 5.97 Å². The van der Waals surface area contributed by atoms with Crippen LogP contribution in [0, 0.1) is 27.7 Å². The Kier molecular flexibility index (Phi) is 37.5.